The lowest BCUT2D eigenvalue weighted by Crippen LogP contribution is -2.38. The lowest BCUT2D eigenvalue weighted by Gasteiger charge is -2.24. The molecule has 0 aliphatic carbocycles. The number of hydrogen-bond acceptors (Lipinski definition) is 14. The molecule has 2 saturated heterocycles. The maximum atomic E-state index is 15.9. The van der Waals surface area contributed by atoms with Crippen molar-refractivity contribution in [2.24, 2.45) is 0 Å². The Morgan fingerprint density at radius 3 is 2.57 bits per heavy atom. The van der Waals surface area contributed by atoms with E-state index in [1.54, 1.807) is 30.3 Å². The Kier molecular flexibility index (Phi) is 10.2. The van der Waals surface area contributed by atoms with E-state index in [1.807, 2.05) is 0 Å². The molecule has 2 aliphatic heterocycles. The van der Waals surface area contributed by atoms with Crippen LogP contribution >= 0.6 is 14.5 Å². The van der Waals surface area contributed by atoms with Gasteiger partial charge in [-0.25, -0.2) is 33.1 Å². The molecule has 2 aliphatic rings. The van der Waals surface area contributed by atoms with Gasteiger partial charge >= 0.3 is 20.2 Å². The summed E-state index contributed by atoms with van der Waals surface area (Å²) in [5.74, 6) is 0.0742. The van der Waals surface area contributed by atoms with Crippen LogP contribution < -0.4 is 17.0 Å². The van der Waals surface area contributed by atoms with Crippen molar-refractivity contribution < 1.29 is 50.7 Å². The quantitative estimate of drug-likeness (QED) is 0.151. The summed E-state index contributed by atoms with van der Waals surface area (Å²) in [5.41, 5.74) is 4.77. The van der Waals surface area contributed by atoms with E-state index in [4.69, 9.17) is 40.6 Å². The summed E-state index contributed by atoms with van der Waals surface area (Å²) in [6, 6.07) is 8.16. The first-order valence-electron chi connectivity index (χ1n) is 14.4. The van der Waals surface area contributed by atoms with Crippen LogP contribution in [0.5, 0.6) is 0 Å². The Morgan fingerprint density at radius 2 is 1.84 bits per heavy atom. The lowest BCUT2D eigenvalue weighted by molar-refractivity contribution is -0.0574. The van der Waals surface area contributed by atoms with Crippen LogP contribution in [0.3, 0.4) is 0 Å². The van der Waals surface area contributed by atoms with Gasteiger partial charge < -0.3 is 34.0 Å². The van der Waals surface area contributed by atoms with Crippen LogP contribution in [-0.4, -0.2) is 89.8 Å². The van der Waals surface area contributed by atoms with E-state index in [-0.39, 0.29) is 29.0 Å². The minimum atomic E-state index is -5.21. The Hall–Kier alpha value is -3.33. The van der Waals surface area contributed by atoms with Crippen LogP contribution in [0.2, 0.25) is 0 Å². The molecule has 1 aromatic carbocycles. The summed E-state index contributed by atoms with van der Waals surface area (Å²) >= 11 is 4.78. The number of nitrogens with zero attached hydrogens (tertiary/aromatic N) is 5. The number of nitrogens with one attached hydrogen (secondary N) is 1. The highest BCUT2D eigenvalue weighted by Gasteiger charge is 2.51. The fourth-order valence-corrected chi connectivity index (χ4v) is 6.92. The average Bonchev–Trinajstić information content (AvgIpc) is 3.75. The molecule has 3 aromatic heterocycles. The number of imidazole rings is 1. The largest absolute Gasteiger partial charge is 0.472 e. The van der Waals surface area contributed by atoms with Gasteiger partial charge in [0.25, 0.3) is 5.56 Å². The second-order valence-electron chi connectivity index (χ2n) is 10.8. The van der Waals surface area contributed by atoms with Gasteiger partial charge in [-0.3, -0.25) is 28.0 Å². The van der Waals surface area contributed by atoms with Gasteiger partial charge in [0.05, 0.1) is 31.2 Å². The molecule has 0 spiro atoms. The second-order valence-corrected chi connectivity index (χ2v) is 15.2. The first-order chi connectivity index (χ1) is 23.3. The fraction of sp³-hybridized carbons (Fsp3) is 0.423. The third-order valence-electron chi connectivity index (χ3n) is 7.69. The van der Waals surface area contributed by atoms with E-state index in [0.29, 0.717) is 5.56 Å². The molecule has 2 fully saturated rings. The maximum absolute atomic E-state index is 15.9. The minimum Gasteiger partial charge on any atom is -0.382 e. The number of nitrogens with two attached hydrogens (primary N) is 1. The van der Waals surface area contributed by atoms with Crippen molar-refractivity contribution in [1.82, 2.24) is 29.1 Å². The monoisotopic (exact) mass is 747 g/mol. The van der Waals surface area contributed by atoms with Gasteiger partial charge in [-0.1, -0.05) is 30.3 Å². The standard InChI is InChI=1S/C26H29F2N7O11P2S/c1-41-48(40,49)43-10-17-18(28)20(25(45-17)34-8-15(23(36)33-26(34)37)13-5-3-2-4-6-13)46-47(38,39)42-9-14-7-16(27)24(44-14)35-12-32-19-21(29)30-11-31-22(19)35/h2-6,8,11-12,14,16-18,20,24-25H,7,9-10H2,1H3,(H,38,39)(H,40,49)(H2,29,30,31)(H,33,36,37)/t14-,16?,17+,18+,20+,24+,25+,48?/m0/s1. The van der Waals surface area contributed by atoms with E-state index < -0.39 is 82.1 Å². The summed E-state index contributed by atoms with van der Waals surface area (Å²) in [6.45, 7) is -5.19. The maximum Gasteiger partial charge on any atom is 0.472 e. The van der Waals surface area contributed by atoms with Crippen molar-refractivity contribution >= 4 is 43.3 Å². The number of phosphoric ester groups is 1. The zero-order chi connectivity index (χ0) is 35.1. The molecule has 18 nitrogen and oxygen atoms in total. The van der Waals surface area contributed by atoms with E-state index in [2.05, 4.69) is 24.5 Å². The normalized spacial score (nSPS) is 28.1. The fourth-order valence-electron chi connectivity index (χ4n) is 5.35. The number of hydrogen-bond donors (Lipinski definition) is 4. The Morgan fingerprint density at radius 1 is 1.08 bits per heavy atom. The van der Waals surface area contributed by atoms with Gasteiger partial charge in [0.15, 0.2) is 30.1 Å². The van der Waals surface area contributed by atoms with Gasteiger partial charge in [-0.15, -0.1) is 0 Å². The summed E-state index contributed by atoms with van der Waals surface area (Å²) in [6.07, 6.45) is -8.38. The highest BCUT2D eigenvalue weighted by molar-refractivity contribution is 8.07. The number of rotatable bonds is 12. The Labute approximate surface area is 279 Å². The number of alkyl halides is 2. The number of halogens is 2. The number of H-pyrrole nitrogens is 1. The van der Waals surface area contributed by atoms with Crippen molar-refractivity contribution in [2.75, 3.05) is 26.1 Å². The van der Waals surface area contributed by atoms with Crippen molar-refractivity contribution in [3.05, 3.63) is 70.0 Å². The molecule has 5 N–H and O–H groups in total. The average molecular weight is 748 g/mol. The van der Waals surface area contributed by atoms with Crippen LogP contribution in [0.15, 0.2) is 58.8 Å². The number of fused-ring (bicyclic) bond motifs is 1. The number of anilines is 1. The van der Waals surface area contributed by atoms with Crippen LogP contribution in [0.1, 0.15) is 18.9 Å². The summed E-state index contributed by atoms with van der Waals surface area (Å²) < 4.78 is 77.8. The SMILES string of the molecule is COP(O)(=S)OC[C@H]1O[C@@H](n2cc(-c3ccccc3)c(=O)[nH]c2=O)[C@H](OP(=O)(O)OC[C@@H]2CC(F)[C@H](n3cnc4c(N)ncnc43)O2)[C@@H]1F. The van der Waals surface area contributed by atoms with Crippen LogP contribution in [0.25, 0.3) is 22.3 Å². The third-order valence-corrected chi connectivity index (χ3v) is 10.4. The molecule has 6 rings (SSSR count). The second kappa shape index (κ2) is 14.1. The Balaban J connectivity index is 1.21. The topological polar surface area (TPSA) is 237 Å². The number of nitrogen functional groups attached to an aromatic ring is 1. The number of aromatic nitrogens is 6. The summed E-state index contributed by atoms with van der Waals surface area (Å²) in [4.78, 5) is 60.4. The molecule has 0 bridgehead atoms. The first-order valence-corrected chi connectivity index (χ1v) is 18.5. The number of benzene rings is 1. The number of aromatic amines is 1. The molecular formula is C26H29F2N7O11P2S. The van der Waals surface area contributed by atoms with Crippen molar-refractivity contribution in [1.29, 1.82) is 0 Å². The summed E-state index contributed by atoms with van der Waals surface area (Å²) in [7, 11) is -4.13. The van der Waals surface area contributed by atoms with Crippen LogP contribution in [-0.2, 0) is 43.9 Å². The zero-order valence-electron chi connectivity index (χ0n) is 25.2. The van der Waals surface area contributed by atoms with Crippen LogP contribution in [0.4, 0.5) is 14.6 Å². The third kappa shape index (κ3) is 7.57. The van der Waals surface area contributed by atoms with Crippen LogP contribution in [0, 0.1) is 0 Å². The molecule has 3 unspecified atom stereocenters. The highest BCUT2D eigenvalue weighted by atomic mass is 32.5. The minimum absolute atomic E-state index is 0.0140. The van der Waals surface area contributed by atoms with Gasteiger partial charge in [-0.2, -0.15) is 0 Å². The van der Waals surface area contributed by atoms with Gasteiger partial charge in [0.1, 0.15) is 30.2 Å². The van der Waals surface area contributed by atoms with Gasteiger partial charge in [0.2, 0.25) is 0 Å². The first kappa shape index (κ1) is 35.5. The number of phosphoric acid groups is 1. The molecule has 23 heteroatoms. The van der Waals surface area contributed by atoms with Crippen molar-refractivity contribution in [3.63, 3.8) is 0 Å². The molecule has 0 saturated carbocycles. The number of ether oxygens (including phenoxy) is 2. The molecule has 5 heterocycles. The van der Waals surface area contributed by atoms with E-state index in [1.165, 1.54) is 17.2 Å². The van der Waals surface area contributed by atoms with E-state index in [0.717, 1.165) is 17.9 Å². The molecule has 9 atom stereocenters. The smallest absolute Gasteiger partial charge is 0.382 e. The van der Waals surface area contributed by atoms with Crippen molar-refractivity contribution in [3.8, 4) is 11.1 Å². The molecule has 264 valence electrons. The summed E-state index contributed by atoms with van der Waals surface area (Å²) in [5, 5.41) is 0. The zero-order valence-corrected chi connectivity index (χ0v) is 27.8. The Bertz CT molecular complexity index is 2040. The molecular weight excluding hydrogens is 718 g/mol. The molecule has 4 aromatic rings. The molecule has 49 heavy (non-hydrogen) atoms. The van der Waals surface area contributed by atoms with Gasteiger partial charge in [-0.05, 0) is 17.4 Å². The van der Waals surface area contributed by atoms with Gasteiger partial charge in [0, 0.05) is 19.7 Å². The van der Waals surface area contributed by atoms with E-state index >= 15 is 8.78 Å². The lowest BCUT2D eigenvalue weighted by atomic mass is 10.1. The predicted molar refractivity (Wildman–Crippen MR) is 169 cm³/mol. The highest BCUT2D eigenvalue weighted by Crippen LogP contribution is 2.51. The van der Waals surface area contributed by atoms with Crippen molar-refractivity contribution in [2.45, 2.75) is 49.5 Å². The predicted octanol–water partition coefficient (Wildman–Crippen LogP) is 1.87. The molecule has 0 radical (unpaired) electrons. The van der Waals surface area contributed by atoms with E-state index in [9.17, 15) is 23.9 Å². The molecule has 0 amide bonds.